The van der Waals surface area contributed by atoms with Crippen LogP contribution in [-0.4, -0.2) is 31.1 Å². The van der Waals surface area contributed by atoms with Crippen molar-refractivity contribution in [3.05, 3.63) is 0 Å². The highest BCUT2D eigenvalue weighted by molar-refractivity contribution is 5.96. The van der Waals surface area contributed by atoms with Gasteiger partial charge in [-0.3, -0.25) is 9.59 Å². The van der Waals surface area contributed by atoms with E-state index in [1.165, 1.54) is 0 Å². The van der Waals surface area contributed by atoms with Crippen molar-refractivity contribution in [2.24, 2.45) is 17.1 Å². The summed E-state index contributed by atoms with van der Waals surface area (Å²) in [6, 6.07) is 0.0595. The number of ether oxygens (including phenoxy) is 1. The van der Waals surface area contributed by atoms with E-state index in [4.69, 9.17) is 10.5 Å². The number of hydrogen-bond acceptors (Lipinski definition) is 3. The molecule has 0 heterocycles. The van der Waals surface area contributed by atoms with Crippen LogP contribution in [0.2, 0.25) is 0 Å². The molecule has 104 valence electrons. The molecule has 0 saturated heterocycles. The summed E-state index contributed by atoms with van der Waals surface area (Å²) in [4.78, 5) is 22.4. The van der Waals surface area contributed by atoms with Crippen molar-refractivity contribution in [2.45, 2.75) is 52.2 Å². The molecule has 1 saturated carbocycles. The van der Waals surface area contributed by atoms with Crippen molar-refractivity contribution in [1.29, 1.82) is 0 Å². The zero-order chi connectivity index (χ0) is 13.9. The number of nitrogens with two attached hydrogens (primary N) is 1. The Balaban J connectivity index is 2.75. The molecule has 3 atom stereocenters. The summed E-state index contributed by atoms with van der Waals surface area (Å²) in [5.74, 6) is -0.631. The van der Waals surface area contributed by atoms with Crippen LogP contribution in [0, 0.1) is 11.3 Å². The topological polar surface area (TPSA) is 81.4 Å². The average molecular weight is 256 g/mol. The maximum atomic E-state index is 11.7. The lowest BCUT2D eigenvalue weighted by Gasteiger charge is -2.59. The van der Waals surface area contributed by atoms with Crippen molar-refractivity contribution in [3.63, 3.8) is 0 Å². The molecule has 0 aromatic heterocycles. The smallest absolute Gasteiger partial charge is 0.229 e. The van der Waals surface area contributed by atoms with Gasteiger partial charge in [0.25, 0.3) is 0 Å². The fourth-order valence-corrected chi connectivity index (χ4v) is 3.48. The van der Waals surface area contributed by atoms with Gasteiger partial charge in [-0.25, -0.2) is 0 Å². The van der Waals surface area contributed by atoms with Crippen molar-refractivity contribution in [3.8, 4) is 0 Å². The predicted molar refractivity (Wildman–Crippen MR) is 68.7 cm³/mol. The maximum absolute atomic E-state index is 11.7. The molecule has 5 nitrogen and oxygen atoms in total. The van der Waals surface area contributed by atoms with Crippen LogP contribution >= 0.6 is 0 Å². The van der Waals surface area contributed by atoms with Crippen molar-refractivity contribution in [1.82, 2.24) is 5.32 Å². The van der Waals surface area contributed by atoms with Crippen LogP contribution in [0.3, 0.4) is 0 Å². The molecule has 1 aliphatic carbocycles. The summed E-state index contributed by atoms with van der Waals surface area (Å²) in [5.41, 5.74) is 5.00. The van der Waals surface area contributed by atoms with Crippen LogP contribution in [0.5, 0.6) is 0 Å². The third-order valence-electron chi connectivity index (χ3n) is 4.41. The molecule has 1 aliphatic rings. The third kappa shape index (κ3) is 2.36. The molecule has 3 N–H and O–H groups in total. The van der Waals surface area contributed by atoms with E-state index in [1.54, 1.807) is 7.11 Å². The summed E-state index contributed by atoms with van der Waals surface area (Å²) in [7, 11) is 1.71. The number of carbonyl (C=O) groups excluding carboxylic acids is 2. The Morgan fingerprint density at radius 3 is 2.28 bits per heavy atom. The van der Waals surface area contributed by atoms with E-state index in [9.17, 15) is 9.59 Å². The first-order valence-corrected chi connectivity index (χ1v) is 6.53. The van der Waals surface area contributed by atoms with E-state index in [1.807, 2.05) is 0 Å². The Labute approximate surface area is 108 Å². The van der Waals surface area contributed by atoms with Gasteiger partial charge in [0.05, 0.1) is 6.10 Å². The SMILES string of the molecule is CCC1(CC)C(NC(=O)CC(N)=O)C(C)C1OC. The second-order valence-corrected chi connectivity index (χ2v) is 5.14. The molecule has 0 radical (unpaired) electrons. The summed E-state index contributed by atoms with van der Waals surface area (Å²) in [6.07, 6.45) is 1.79. The Morgan fingerprint density at radius 1 is 1.33 bits per heavy atom. The van der Waals surface area contributed by atoms with Crippen LogP contribution in [-0.2, 0) is 14.3 Å². The molecule has 1 rings (SSSR count). The van der Waals surface area contributed by atoms with Gasteiger partial charge in [0, 0.05) is 24.5 Å². The number of nitrogens with one attached hydrogen (secondary N) is 1. The highest BCUT2D eigenvalue weighted by atomic mass is 16.5. The lowest BCUT2D eigenvalue weighted by atomic mass is 9.53. The maximum Gasteiger partial charge on any atom is 0.229 e. The lowest BCUT2D eigenvalue weighted by Crippen LogP contribution is -2.70. The molecule has 18 heavy (non-hydrogen) atoms. The fraction of sp³-hybridized carbons (Fsp3) is 0.846. The van der Waals surface area contributed by atoms with E-state index in [0.717, 1.165) is 12.8 Å². The number of hydrogen-bond donors (Lipinski definition) is 2. The molecular formula is C13H24N2O3. The standard InChI is InChI=1S/C13H24N2O3/c1-5-13(6-2)11(8(3)12(13)18-4)15-10(17)7-9(14)16/h8,11-12H,5-7H2,1-4H3,(H2,14,16)(H,15,17). The summed E-state index contributed by atoms with van der Waals surface area (Å²) >= 11 is 0. The molecular weight excluding hydrogens is 232 g/mol. The average Bonchev–Trinajstić information content (AvgIpc) is 2.31. The van der Waals surface area contributed by atoms with E-state index in [0.29, 0.717) is 0 Å². The predicted octanol–water partition coefficient (Wildman–Crippen LogP) is 0.818. The summed E-state index contributed by atoms with van der Waals surface area (Å²) in [6.45, 7) is 6.27. The van der Waals surface area contributed by atoms with Crippen LogP contribution in [0.15, 0.2) is 0 Å². The molecule has 3 unspecified atom stereocenters. The van der Waals surface area contributed by atoms with Gasteiger partial charge >= 0.3 is 0 Å². The molecule has 2 amide bonds. The van der Waals surface area contributed by atoms with Gasteiger partial charge in [0.2, 0.25) is 11.8 Å². The first-order chi connectivity index (χ1) is 8.42. The Bertz CT molecular complexity index is 326. The number of rotatable bonds is 6. The lowest BCUT2D eigenvalue weighted by molar-refractivity contribution is -0.172. The zero-order valence-corrected chi connectivity index (χ0v) is 11.7. The highest BCUT2D eigenvalue weighted by Crippen LogP contribution is 2.52. The molecule has 0 aromatic rings. The fourth-order valence-electron chi connectivity index (χ4n) is 3.48. The summed E-state index contributed by atoms with van der Waals surface area (Å²) in [5, 5.41) is 2.93. The quantitative estimate of drug-likeness (QED) is 0.690. The van der Waals surface area contributed by atoms with Gasteiger partial charge in [-0.1, -0.05) is 20.8 Å². The van der Waals surface area contributed by atoms with Crippen molar-refractivity contribution >= 4 is 11.8 Å². The van der Waals surface area contributed by atoms with E-state index >= 15 is 0 Å². The van der Waals surface area contributed by atoms with Crippen LogP contribution in [0.1, 0.15) is 40.0 Å². The number of methoxy groups -OCH3 is 1. The van der Waals surface area contributed by atoms with Gasteiger partial charge in [0.1, 0.15) is 6.42 Å². The van der Waals surface area contributed by atoms with Gasteiger partial charge in [-0.2, -0.15) is 0 Å². The molecule has 0 spiro atoms. The minimum Gasteiger partial charge on any atom is -0.380 e. The van der Waals surface area contributed by atoms with E-state index in [-0.39, 0.29) is 35.8 Å². The Morgan fingerprint density at radius 2 is 1.89 bits per heavy atom. The van der Waals surface area contributed by atoms with Crippen LogP contribution in [0.25, 0.3) is 0 Å². The molecule has 5 heteroatoms. The normalized spacial score (nSPS) is 29.4. The van der Waals surface area contributed by atoms with Crippen molar-refractivity contribution in [2.75, 3.05) is 7.11 Å². The molecule has 1 fully saturated rings. The second kappa shape index (κ2) is 5.69. The third-order valence-corrected chi connectivity index (χ3v) is 4.41. The summed E-state index contributed by atoms with van der Waals surface area (Å²) < 4.78 is 5.55. The van der Waals surface area contributed by atoms with Gasteiger partial charge in [0.15, 0.2) is 0 Å². The number of primary amides is 1. The monoisotopic (exact) mass is 256 g/mol. The largest absolute Gasteiger partial charge is 0.380 e. The molecule has 0 aromatic carbocycles. The van der Waals surface area contributed by atoms with Gasteiger partial charge in [-0.15, -0.1) is 0 Å². The Hall–Kier alpha value is -1.10. The number of carbonyl (C=O) groups is 2. The van der Waals surface area contributed by atoms with Gasteiger partial charge < -0.3 is 15.8 Å². The van der Waals surface area contributed by atoms with Crippen LogP contribution < -0.4 is 11.1 Å². The highest BCUT2D eigenvalue weighted by Gasteiger charge is 2.58. The minimum absolute atomic E-state index is 0.0263. The number of amides is 2. The zero-order valence-electron chi connectivity index (χ0n) is 11.7. The van der Waals surface area contributed by atoms with Crippen molar-refractivity contribution < 1.29 is 14.3 Å². The second-order valence-electron chi connectivity index (χ2n) is 5.14. The van der Waals surface area contributed by atoms with E-state index in [2.05, 4.69) is 26.1 Å². The molecule has 0 bridgehead atoms. The molecule has 0 aliphatic heterocycles. The van der Waals surface area contributed by atoms with E-state index < -0.39 is 5.91 Å². The van der Waals surface area contributed by atoms with Crippen LogP contribution in [0.4, 0.5) is 0 Å². The van der Waals surface area contributed by atoms with Gasteiger partial charge in [-0.05, 0) is 12.8 Å². The minimum atomic E-state index is -0.596. The Kier molecular flexibility index (Phi) is 4.73. The first kappa shape index (κ1) is 15.0. The first-order valence-electron chi connectivity index (χ1n) is 6.53.